The van der Waals surface area contributed by atoms with E-state index in [1.165, 1.54) is 0 Å². The fourth-order valence-corrected chi connectivity index (χ4v) is 4.92. The summed E-state index contributed by atoms with van der Waals surface area (Å²) in [6, 6.07) is 20.9. The molecule has 2 unspecified atom stereocenters. The predicted octanol–water partition coefficient (Wildman–Crippen LogP) is 3.47. The lowest BCUT2D eigenvalue weighted by atomic mass is 10.1. The molecule has 9 nitrogen and oxygen atoms in total. The predicted molar refractivity (Wildman–Crippen MR) is 136 cm³/mol. The zero-order valence-electron chi connectivity index (χ0n) is 20.5. The third-order valence-corrected chi connectivity index (χ3v) is 6.77. The fourth-order valence-electron chi connectivity index (χ4n) is 4.92. The van der Waals surface area contributed by atoms with Crippen molar-refractivity contribution >= 4 is 17.6 Å². The van der Waals surface area contributed by atoms with Crippen LogP contribution >= 0.6 is 0 Å². The molecule has 2 fully saturated rings. The first-order valence-corrected chi connectivity index (χ1v) is 12.4. The number of morpholine rings is 1. The molecule has 0 saturated carbocycles. The van der Waals surface area contributed by atoms with Crippen LogP contribution in [0.4, 0.5) is 10.5 Å². The van der Waals surface area contributed by atoms with Crippen molar-refractivity contribution in [2.45, 2.75) is 18.6 Å². The summed E-state index contributed by atoms with van der Waals surface area (Å²) in [7, 11) is 0. The average Bonchev–Trinajstić information content (AvgIpc) is 3.55. The number of rotatable bonds is 7. The minimum absolute atomic E-state index is 0.126. The van der Waals surface area contributed by atoms with E-state index in [-0.39, 0.29) is 5.91 Å². The molecular formula is C28H29N5O4. The summed E-state index contributed by atoms with van der Waals surface area (Å²) in [5, 5.41) is 12.2. The number of amides is 3. The van der Waals surface area contributed by atoms with Crippen molar-refractivity contribution in [3.8, 4) is 6.07 Å². The average molecular weight is 500 g/mol. The monoisotopic (exact) mass is 499 g/mol. The van der Waals surface area contributed by atoms with E-state index in [1.54, 1.807) is 52.5 Å². The number of furan rings is 1. The van der Waals surface area contributed by atoms with Crippen LogP contribution in [-0.4, -0.2) is 72.1 Å². The molecule has 3 aromatic rings. The Hall–Kier alpha value is -4.13. The van der Waals surface area contributed by atoms with E-state index in [0.717, 1.165) is 18.7 Å². The number of nitrogens with one attached hydrogen (secondary N) is 1. The second-order valence-electron chi connectivity index (χ2n) is 9.11. The number of nitriles is 1. The lowest BCUT2D eigenvalue weighted by Gasteiger charge is -2.32. The standard InChI is InChI=1S/C28H29N5O4/c29-20-22-8-4-9-23(18-22)30-28(35)33-24(19-21-6-2-1-3-7-21)27(34)32(26(33)25-10-5-15-37-25)12-11-31-13-16-36-17-14-31/h1-10,15,18,24,26H,11-14,16-17,19H2,(H,30,35). The van der Waals surface area contributed by atoms with Gasteiger partial charge in [0, 0.05) is 38.3 Å². The second kappa shape index (κ2) is 11.3. The molecule has 2 atom stereocenters. The summed E-state index contributed by atoms with van der Waals surface area (Å²) in [4.78, 5) is 33.3. The number of carbonyl (C=O) groups is 2. The molecular weight excluding hydrogens is 470 g/mol. The third-order valence-electron chi connectivity index (χ3n) is 6.77. The van der Waals surface area contributed by atoms with Gasteiger partial charge in [0.05, 0.1) is 31.1 Å². The highest BCUT2D eigenvalue weighted by molar-refractivity contribution is 5.96. The van der Waals surface area contributed by atoms with Gasteiger partial charge in [0.25, 0.3) is 0 Å². The number of benzene rings is 2. The summed E-state index contributed by atoms with van der Waals surface area (Å²) in [6.45, 7) is 4.07. The molecule has 190 valence electrons. The van der Waals surface area contributed by atoms with Gasteiger partial charge in [-0.2, -0.15) is 5.26 Å². The lowest BCUT2D eigenvalue weighted by Crippen LogP contribution is -2.44. The zero-order chi connectivity index (χ0) is 25.6. The van der Waals surface area contributed by atoms with Gasteiger partial charge in [0.15, 0.2) is 6.17 Å². The molecule has 3 heterocycles. The van der Waals surface area contributed by atoms with E-state index in [4.69, 9.17) is 9.15 Å². The van der Waals surface area contributed by atoms with Crippen LogP contribution in [0.5, 0.6) is 0 Å². The Balaban J connectivity index is 1.47. The summed E-state index contributed by atoms with van der Waals surface area (Å²) >= 11 is 0. The molecule has 2 aromatic carbocycles. The van der Waals surface area contributed by atoms with Crippen molar-refractivity contribution in [3.63, 3.8) is 0 Å². The molecule has 37 heavy (non-hydrogen) atoms. The molecule has 9 heteroatoms. The zero-order valence-corrected chi connectivity index (χ0v) is 20.5. The van der Waals surface area contributed by atoms with Gasteiger partial charge >= 0.3 is 6.03 Å². The second-order valence-corrected chi connectivity index (χ2v) is 9.11. The van der Waals surface area contributed by atoms with Crippen LogP contribution in [0.3, 0.4) is 0 Å². The van der Waals surface area contributed by atoms with E-state index in [2.05, 4.69) is 16.3 Å². The maximum absolute atomic E-state index is 13.9. The van der Waals surface area contributed by atoms with Gasteiger partial charge in [0.1, 0.15) is 11.8 Å². The number of urea groups is 1. The van der Waals surface area contributed by atoms with E-state index < -0.39 is 18.2 Å². The SMILES string of the molecule is N#Cc1cccc(NC(=O)N2C(Cc3ccccc3)C(=O)N(CCN3CCOCC3)C2c2ccco2)c1. The Morgan fingerprint density at radius 2 is 1.84 bits per heavy atom. The van der Waals surface area contributed by atoms with Crippen molar-refractivity contribution in [2.24, 2.45) is 0 Å². The van der Waals surface area contributed by atoms with Crippen LogP contribution in [0.25, 0.3) is 0 Å². The summed E-state index contributed by atoms with van der Waals surface area (Å²) < 4.78 is 11.2. The Morgan fingerprint density at radius 3 is 2.57 bits per heavy atom. The van der Waals surface area contributed by atoms with Crippen LogP contribution in [0.1, 0.15) is 23.1 Å². The number of hydrogen-bond acceptors (Lipinski definition) is 6. The largest absolute Gasteiger partial charge is 0.465 e. The molecule has 0 aliphatic carbocycles. The number of carbonyl (C=O) groups excluding carboxylic acids is 2. The number of nitrogens with zero attached hydrogens (tertiary/aromatic N) is 4. The molecule has 5 rings (SSSR count). The summed E-state index contributed by atoms with van der Waals surface area (Å²) in [5.41, 5.74) is 1.88. The van der Waals surface area contributed by atoms with Crippen LogP contribution in [0.15, 0.2) is 77.4 Å². The maximum Gasteiger partial charge on any atom is 0.324 e. The molecule has 3 amide bonds. The van der Waals surface area contributed by atoms with E-state index >= 15 is 0 Å². The molecule has 1 N–H and O–H groups in total. The Bertz CT molecular complexity index is 1250. The Kier molecular flexibility index (Phi) is 7.49. The number of hydrogen-bond donors (Lipinski definition) is 1. The molecule has 0 spiro atoms. The highest BCUT2D eigenvalue weighted by atomic mass is 16.5. The topological polar surface area (TPSA) is 102 Å². The van der Waals surface area contributed by atoms with Crippen LogP contribution in [-0.2, 0) is 16.0 Å². The van der Waals surface area contributed by atoms with Gasteiger partial charge in [-0.1, -0.05) is 36.4 Å². The first-order chi connectivity index (χ1) is 18.1. The highest BCUT2D eigenvalue weighted by Crippen LogP contribution is 2.37. The molecule has 1 aromatic heterocycles. The van der Waals surface area contributed by atoms with Crippen molar-refractivity contribution in [1.29, 1.82) is 5.26 Å². The van der Waals surface area contributed by atoms with Crippen LogP contribution in [0, 0.1) is 11.3 Å². The normalized spacial score (nSPS) is 20.1. The van der Waals surface area contributed by atoms with Gasteiger partial charge in [-0.05, 0) is 35.9 Å². The van der Waals surface area contributed by atoms with Crippen LogP contribution in [0.2, 0.25) is 0 Å². The highest BCUT2D eigenvalue weighted by Gasteiger charge is 2.50. The number of ether oxygens (including phenoxy) is 1. The molecule has 2 aliphatic rings. The Labute approximate surface area is 215 Å². The van der Waals surface area contributed by atoms with Crippen molar-refractivity contribution in [2.75, 3.05) is 44.7 Å². The summed E-state index contributed by atoms with van der Waals surface area (Å²) in [6.07, 6.45) is 1.23. The van der Waals surface area contributed by atoms with Gasteiger partial charge in [-0.15, -0.1) is 0 Å². The minimum atomic E-state index is -0.721. The van der Waals surface area contributed by atoms with E-state index in [1.807, 2.05) is 30.3 Å². The fraction of sp³-hybridized carbons (Fsp3) is 0.321. The molecule has 0 bridgehead atoms. The minimum Gasteiger partial charge on any atom is -0.465 e. The van der Waals surface area contributed by atoms with Gasteiger partial charge in [-0.25, -0.2) is 4.79 Å². The van der Waals surface area contributed by atoms with Crippen molar-refractivity contribution in [3.05, 3.63) is 89.9 Å². The Morgan fingerprint density at radius 1 is 1.03 bits per heavy atom. The lowest BCUT2D eigenvalue weighted by molar-refractivity contribution is -0.130. The van der Waals surface area contributed by atoms with Crippen LogP contribution < -0.4 is 5.32 Å². The van der Waals surface area contributed by atoms with E-state index in [9.17, 15) is 14.9 Å². The first-order valence-electron chi connectivity index (χ1n) is 12.4. The molecule has 2 aliphatic heterocycles. The van der Waals surface area contributed by atoms with Gasteiger partial charge in [-0.3, -0.25) is 14.6 Å². The molecule has 0 radical (unpaired) electrons. The smallest absolute Gasteiger partial charge is 0.324 e. The third kappa shape index (κ3) is 5.50. The van der Waals surface area contributed by atoms with Gasteiger partial charge in [0.2, 0.25) is 5.91 Å². The van der Waals surface area contributed by atoms with Gasteiger partial charge < -0.3 is 19.4 Å². The first kappa shape index (κ1) is 24.6. The number of anilines is 1. The quantitative estimate of drug-likeness (QED) is 0.534. The van der Waals surface area contributed by atoms with Crippen molar-refractivity contribution < 1.29 is 18.7 Å². The van der Waals surface area contributed by atoms with Crippen molar-refractivity contribution in [1.82, 2.24) is 14.7 Å². The van der Waals surface area contributed by atoms with E-state index in [0.29, 0.717) is 49.7 Å². The molecule has 2 saturated heterocycles. The summed E-state index contributed by atoms with van der Waals surface area (Å²) in [5.74, 6) is 0.395. The maximum atomic E-state index is 13.9.